The Labute approximate surface area is 95.2 Å². The van der Waals surface area contributed by atoms with Crippen LogP contribution in [0.15, 0.2) is 16.8 Å². The molecule has 2 N–H and O–H groups in total. The second-order valence-corrected chi connectivity index (χ2v) is 7.05. The van der Waals surface area contributed by atoms with E-state index in [0.29, 0.717) is 6.42 Å². The summed E-state index contributed by atoms with van der Waals surface area (Å²) >= 11 is 1.65. The minimum Gasteiger partial charge on any atom is -0.327 e. The molecule has 1 heterocycles. The van der Waals surface area contributed by atoms with E-state index in [0.717, 1.165) is 6.42 Å². The minimum absolute atomic E-state index is 0.278. The van der Waals surface area contributed by atoms with E-state index in [9.17, 15) is 8.42 Å². The summed E-state index contributed by atoms with van der Waals surface area (Å²) in [7, 11) is -3.02. The predicted molar refractivity (Wildman–Crippen MR) is 64.9 cm³/mol. The van der Waals surface area contributed by atoms with E-state index in [2.05, 4.69) is 5.38 Å². The second-order valence-electron chi connectivity index (χ2n) is 3.87. The molecule has 0 fully saturated rings. The van der Waals surface area contributed by atoms with Crippen molar-refractivity contribution in [3.05, 3.63) is 22.4 Å². The monoisotopic (exact) mass is 247 g/mol. The van der Waals surface area contributed by atoms with Crippen molar-refractivity contribution in [2.75, 3.05) is 6.26 Å². The van der Waals surface area contributed by atoms with E-state index < -0.39 is 15.1 Å². The highest BCUT2D eigenvalue weighted by atomic mass is 32.2. The predicted octanol–water partition coefficient (Wildman–Crippen LogP) is 1.44. The molecule has 0 radical (unpaired) electrons. The molecule has 15 heavy (non-hydrogen) atoms. The highest BCUT2D eigenvalue weighted by molar-refractivity contribution is 7.91. The fraction of sp³-hybridized carbons (Fsp3) is 0.600. The number of sulfone groups is 1. The van der Waals surface area contributed by atoms with Crippen molar-refractivity contribution in [2.45, 2.75) is 31.1 Å². The molecular formula is C10H17NO2S2. The van der Waals surface area contributed by atoms with Crippen molar-refractivity contribution in [3.8, 4) is 0 Å². The second kappa shape index (κ2) is 5.09. The smallest absolute Gasteiger partial charge is 0.151 e. The zero-order chi connectivity index (χ0) is 11.5. The van der Waals surface area contributed by atoms with Gasteiger partial charge >= 0.3 is 0 Å². The van der Waals surface area contributed by atoms with Crippen LogP contribution in [-0.2, 0) is 16.3 Å². The van der Waals surface area contributed by atoms with Gasteiger partial charge in [-0.2, -0.15) is 11.3 Å². The minimum atomic E-state index is -3.02. The first-order valence-corrected chi connectivity index (χ1v) is 7.76. The molecule has 1 aromatic heterocycles. The van der Waals surface area contributed by atoms with Gasteiger partial charge in [-0.05, 0) is 42.2 Å². The lowest BCUT2D eigenvalue weighted by atomic mass is 10.1. The molecule has 0 amide bonds. The topological polar surface area (TPSA) is 60.2 Å². The van der Waals surface area contributed by atoms with Gasteiger partial charge in [0.1, 0.15) is 0 Å². The lowest BCUT2D eigenvalue weighted by molar-refractivity contribution is 0.546. The van der Waals surface area contributed by atoms with E-state index >= 15 is 0 Å². The third kappa shape index (κ3) is 3.93. The first-order valence-electron chi connectivity index (χ1n) is 4.87. The van der Waals surface area contributed by atoms with Crippen molar-refractivity contribution in [2.24, 2.45) is 5.73 Å². The van der Waals surface area contributed by atoms with Crippen molar-refractivity contribution in [1.82, 2.24) is 0 Å². The Kier molecular flexibility index (Phi) is 4.31. The van der Waals surface area contributed by atoms with Crippen molar-refractivity contribution in [3.63, 3.8) is 0 Å². The summed E-state index contributed by atoms with van der Waals surface area (Å²) in [4.78, 5) is 0. The molecule has 0 spiro atoms. The molecule has 1 aromatic rings. The van der Waals surface area contributed by atoms with Crippen LogP contribution in [0.5, 0.6) is 0 Å². The quantitative estimate of drug-likeness (QED) is 0.856. The standard InChI is InChI=1S/C10H17NO2S2/c1-8(15(2,12)13)10(11)4-3-9-5-6-14-7-9/h5-8,10H,3-4,11H2,1-2H3. The van der Waals surface area contributed by atoms with Gasteiger partial charge in [0.25, 0.3) is 0 Å². The summed E-state index contributed by atoms with van der Waals surface area (Å²) < 4.78 is 22.5. The van der Waals surface area contributed by atoms with Crippen molar-refractivity contribution in [1.29, 1.82) is 0 Å². The third-order valence-corrected chi connectivity index (χ3v) is 5.06. The number of aryl methyl sites for hydroxylation is 1. The molecule has 0 bridgehead atoms. The zero-order valence-corrected chi connectivity index (χ0v) is 10.6. The summed E-state index contributed by atoms with van der Waals surface area (Å²) in [6.07, 6.45) is 2.80. The van der Waals surface area contributed by atoms with Crippen LogP contribution in [0.4, 0.5) is 0 Å². The molecule has 5 heteroatoms. The van der Waals surface area contributed by atoms with Crippen LogP contribution < -0.4 is 5.73 Å². The van der Waals surface area contributed by atoms with Gasteiger partial charge in [0.15, 0.2) is 9.84 Å². The first kappa shape index (κ1) is 12.7. The van der Waals surface area contributed by atoms with Crippen LogP contribution in [0.3, 0.4) is 0 Å². The molecule has 0 aliphatic carbocycles. The van der Waals surface area contributed by atoms with Gasteiger partial charge in [-0.1, -0.05) is 0 Å². The highest BCUT2D eigenvalue weighted by Gasteiger charge is 2.22. The molecule has 2 atom stereocenters. The van der Waals surface area contributed by atoms with Crippen LogP contribution >= 0.6 is 11.3 Å². The molecule has 0 aromatic carbocycles. The van der Waals surface area contributed by atoms with Gasteiger partial charge in [-0.25, -0.2) is 8.42 Å². The Morgan fingerprint density at radius 3 is 2.67 bits per heavy atom. The van der Waals surface area contributed by atoms with Crippen LogP contribution in [-0.4, -0.2) is 26.0 Å². The number of thiophene rings is 1. The fourth-order valence-electron chi connectivity index (χ4n) is 1.32. The van der Waals surface area contributed by atoms with Gasteiger partial charge in [0, 0.05) is 12.3 Å². The maximum Gasteiger partial charge on any atom is 0.151 e. The number of hydrogen-bond donors (Lipinski definition) is 1. The van der Waals surface area contributed by atoms with Gasteiger partial charge in [-0.3, -0.25) is 0 Å². The lowest BCUT2D eigenvalue weighted by Crippen LogP contribution is -2.38. The average molecular weight is 247 g/mol. The molecule has 0 saturated heterocycles. The molecule has 0 aliphatic heterocycles. The molecule has 1 rings (SSSR count). The zero-order valence-electron chi connectivity index (χ0n) is 9.01. The SMILES string of the molecule is CC(C(N)CCc1ccsc1)S(C)(=O)=O. The lowest BCUT2D eigenvalue weighted by Gasteiger charge is -2.17. The van der Waals surface area contributed by atoms with Crippen LogP contribution in [0.25, 0.3) is 0 Å². The number of nitrogens with two attached hydrogens (primary N) is 1. The Balaban J connectivity index is 2.46. The maximum absolute atomic E-state index is 11.3. The molecular weight excluding hydrogens is 230 g/mol. The summed E-state index contributed by atoms with van der Waals surface area (Å²) in [6, 6.07) is 1.77. The van der Waals surface area contributed by atoms with Crippen LogP contribution in [0, 0.1) is 0 Å². The van der Waals surface area contributed by atoms with Crippen molar-refractivity contribution < 1.29 is 8.42 Å². The summed E-state index contributed by atoms with van der Waals surface area (Å²) in [5.74, 6) is 0. The molecule has 2 unspecified atom stereocenters. The van der Waals surface area contributed by atoms with Gasteiger partial charge < -0.3 is 5.73 Å². The fourth-order valence-corrected chi connectivity index (χ4v) is 2.79. The highest BCUT2D eigenvalue weighted by Crippen LogP contribution is 2.12. The van der Waals surface area contributed by atoms with E-state index in [1.807, 2.05) is 11.4 Å². The molecule has 0 saturated carbocycles. The first-order chi connectivity index (χ1) is 6.91. The maximum atomic E-state index is 11.3. The van der Waals surface area contributed by atoms with E-state index in [-0.39, 0.29) is 6.04 Å². The molecule has 0 aliphatic rings. The summed E-state index contributed by atoms with van der Waals surface area (Å²) in [6.45, 7) is 1.67. The molecule has 3 nitrogen and oxygen atoms in total. The third-order valence-electron chi connectivity index (χ3n) is 2.62. The van der Waals surface area contributed by atoms with Gasteiger partial charge in [-0.15, -0.1) is 0 Å². The van der Waals surface area contributed by atoms with E-state index in [4.69, 9.17) is 5.73 Å². The van der Waals surface area contributed by atoms with Gasteiger partial charge in [0.05, 0.1) is 5.25 Å². The normalized spacial score (nSPS) is 16.2. The van der Waals surface area contributed by atoms with Crippen LogP contribution in [0.2, 0.25) is 0 Å². The van der Waals surface area contributed by atoms with Crippen LogP contribution in [0.1, 0.15) is 18.9 Å². The number of hydrogen-bond acceptors (Lipinski definition) is 4. The Morgan fingerprint density at radius 1 is 1.53 bits per heavy atom. The summed E-state index contributed by atoms with van der Waals surface area (Å²) in [5, 5.41) is 3.62. The van der Waals surface area contributed by atoms with Gasteiger partial charge in [0.2, 0.25) is 0 Å². The Bertz CT molecular complexity index is 384. The van der Waals surface area contributed by atoms with Crippen molar-refractivity contribution >= 4 is 21.2 Å². The average Bonchev–Trinajstić information content (AvgIpc) is 2.63. The number of rotatable bonds is 5. The molecule has 86 valence electrons. The Hall–Kier alpha value is -0.390. The Morgan fingerprint density at radius 2 is 2.20 bits per heavy atom. The van der Waals surface area contributed by atoms with E-state index in [1.54, 1.807) is 18.3 Å². The largest absolute Gasteiger partial charge is 0.327 e. The van der Waals surface area contributed by atoms with E-state index in [1.165, 1.54) is 11.8 Å². The summed E-state index contributed by atoms with van der Waals surface area (Å²) in [5.41, 5.74) is 7.08.